The first kappa shape index (κ1) is 20.7. The average molecular weight is 380 g/mol. The Morgan fingerprint density at radius 2 is 2.04 bits per heavy atom. The van der Waals surface area contributed by atoms with E-state index in [-0.39, 0.29) is 42.2 Å². The van der Waals surface area contributed by atoms with Crippen LogP contribution in [0.25, 0.3) is 0 Å². The summed E-state index contributed by atoms with van der Waals surface area (Å²) in [5, 5.41) is 0. The molecule has 2 aliphatic rings. The second-order valence-corrected chi connectivity index (χ2v) is 7.34. The lowest BCUT2D eigenvalue weighted by Crippen LogP contribution is -2.53. The largest absolute Gasteiger partial charge is 0.338 e. The zero-order chi connectivity index (χ0) is 18.0. The molecular formula is C20H30ClN3O2. The second kappa shape index (κ2) is 8.87. The van der Waals surface area contributed by atoms with Crippen LogP contribution in [0.15, 0.2) is 24.3 Å². The molecule has 5 nitrogen and oxygen atoms in total. The third-order valence-electron chi connectivity index (χ3n) is 5.58. The first-order valence-electron chi connectivity index (χ1n) is 9.47. The highest BCUT2D eigenvalue weighted by molar-refractivity contribution is 6.00. The quantitative estimate of drug-likeness (QED) is 0.874. The fourth-order valence-electron chi connectivity index (χ4n) is 4.19. The van der Waals surface area contributed by atoms with Gasteiger partial charge in [0.1, 0.15) is 0 Å². The summed E-state index contributed by atoms with van der Waals surface area (Å²) >= 11 is 0. The van der Waals surface area contributed by atoms with Crippen molar-refractivity contribution >= 4 is 29.9 Å². The number of benzene rings is 1. The standard InChI is InChI=1S/C20H29N3O2.ClH/c1-3-15-8-4-5-10-18(15)23-13-16(12-19(23)24)20(25)22-11-7-6-9-17(22)14(2)21;/h4-5,8,10,14,16-17H,3,6-7,9,11-13,21H2,1-2H3;1H. The van der Waals surface area contributed by atoms with Crippen molar-refractivity contribution in [2.45, 2.75) is 58.0 Å². The lowest BCUT2D eigenvalue weighted by Gasteiger charge is -2.39. The molecule has 0 aliphatic carbocycles. The molecule has 0 aromatic heterocycles. The van der Waals surface area contributed by atoms with Gasteiger partial charge in [0.15, 0.2) is 0 Å². The number of hydrogen-bond donors (Lipinski definition) is 1. The molecule has 2 N–H and O–H groups in total. The molecule has 2 fully saturated rings. The van der Waals surface area contributed by atoms with Crippen molar-refractivity contribution in [2.24, 2.45) is 11.7 Å². The van der Waals surface area contributed by atoms with Gasteiger partial charge in [0.2, 0.25) is 11.8 Å². The number of piperidine rings is 1. The Labute approximate surface area is 162 Å². The first-order chi connectivity index (χ1) is 12.0. The number of carbonyl (C=O) groups excluding carboxylic acids is 2. The lowest BCUT2D eigenvalue weighted by atomic mass is 9.94. The van der Waals surface area contributed by atoms with Gasteiger partial charge in [-0.25, -0.2) is 0 Å². The number of carbonyl (C=O) groups is 2. The van der Waals surface area contributed by atoms with E-state index >= 15 is 0 Å². The third-order valence-corrected chi connectivity index (χ3v) is 5.58. The number of nitrogens with two attached hydrogens (primary N) is 1. The summed E-state index contributed by atoms with van der Waals surface area (Å²) in [6.07, 6.45) is 4.29. The third kappa shape index (κ3) is 4.04. The fraction of sp³-hybridized carbons (Fsp3) is 0.600. The van der Waals surface area contributed by atoms with Gasteiger partial charge in [-0.1, -0.05) is 25.1 Å². The molecule has 2 aliphatic heterocycles. The zero-order valence-electron chi connectivity index (χ0n) is 15.7. The number of hydrogen-bond acceptors (Lipinski definition) is 3. The molecular weight excluding hydrogens is 350 g/mol. The van der Waals surface area contributed by atoms with Crippen LogP contribution < -0.4 is 10.6 Å². The molecule has 0 spiro atoms. The van der Waals surface area contributed by atoms with E-state index in [1.807, 2.05) is 30.0 Å². The number of rotatable bonds is 4. The van der Waals surface area contributed by atoms with Gasteiger partial charge in [-0.05, 0) is 44.2 Å². The first-order valence-corrected chi connectivity index (χ1v) is 9.47. The number of anilines is 1. The van der Waals surface area contributed by atoms with E-state index in [0.717, 1.165) is 43.5 Å². The molecule has 144 valence electrons. The van der Waals surface area contributed by atoms with Gasteiger partial charge in [-0.3, -0.25) is 9.59 Å². The van der Waals surface area contributed by atoms with Crippen LogP contribution in [0.1, 0.15) is 45.1 Å². The maximum atomic E-state index is 13.1. The smallest absolute Gasteiger partial charge is 0.228 e. The van der Waals surface area contributed by atoms with E-state index in [1.165, 1.54) is 0 Å². The van der Waals surface area contributed by atoms with Gasteiger partial charge < -0.3 is 15.5 Å². The van der Waals surface area contributed by atoms with Gasteiger partial charge in [-0.2, -0.15) is 0 Å². The van der Waals surface area contributed by atoms with Crippen molar-refractivity contribution in [3.63, 3.8) is 0 Å². The van der Waals surface area contributed by atoms with E-state index in [4.69, 9.17) is 5.73 Å². The molecule has 6 heteroatoms. The molecule has 1 aromatic rings. The van der Waals surface area contributed by atoms with Gasteiger partial charge in [-0.15, -0.1) is 12.4 Å². The molecule has 3 unspecified atom stereocenters. The van der Waals surface area contributed by atoms with Crippen LogP contribution in [0.4, 0.5) is 5.69 Å². The minimum Gasteiger partial charge on any atom is -0.338 e. The van der Waals surface area contributed by atoms with E-state index < -0.39 is 0 Å². The van der Waals surface area contributed by atoms with Crippen LogP contribution >= 0.6 is 12.4 Å². The Hall–Kier alpha value is -1.59. The number of amides is 2. The minimum atomic E-state index is -0.253. The predicted molar refractivity (Wildman–Crippen MR) is 107 cm³/mol. The minimum absolute atomic E-state index is 0. The molecule has 0 saturated carbocycles. The van der Waals surface area contributed by atoms with Crippen LogP contribution in [-0.2, 0) is 16.0 Å². The monoisotopic (exact) mass is 379 g/mol. The summed E-state index contributed by atoms with van der Waals surface area (Å²) in [6, 6.07) is 8.05. The van der Waals surface area contributed by atoms with Gasteiger partial charge >= 0.3 is 0 Å². The maximum Gasteiger partial charge on any atom is 0.228 e. The molecule has 26 heavy (non-hydrogen) atoms. The predicted octanol–water partition coefficient (Wildman–Crippen LogP) is 2.75. The van der Waals surface area contributed by atoms with E-state index in [9.17, 15) is 9.59 Å². The number of nitrogens with zero attached hydrogens (tertiary/aromatic N) is 2. The molecule has 0 radical (unpaired) electrons. The van der Waals surface area contributed by atoms with Crippen molar-refractivity contribution < 1.29 is 9.59 Å². The summed E-state index contributed by atoms with van der Waals surface area (Å²) in [5.41, 5.74) is 8.21. The number of para-hydroxylation sites is 1. The Kier molecular flexibility index (Phi) is 7.07. The normalized spacial score (nSPS) is 24.3. The number of aryl methyl sites for hydroxylation is 1. The van der Waals surface area contributed by atoms with Crippen LogP contribution in [0.2, 0.25) is 0 Å². The van der Waals surface area contributed by atoms with Gasteiger partial charge in [0.05, 0.1) is 5.92 Å². The van der Waals surface area contributed by atoms with Crippen LogP contribution in [-0.4, -0.2) is 41.9 Å². The number of likely N-dealkylation sites (tertiary alicyclic amines) is 1. The van der Waals surface area contributed by atoms with Crippen molar-refractivity contribution in [2.75, 3.05) is 18.0 Å². The molecule has 2 saturated heterocycles. The summed E-state index contributed by atoms with van der Waals surface area (Å²) in [4.78, 5) is 29.4. The van der Waals surface area contributed by atoms with Crippen LogP contribution in [0.5, 0.6) is 0 Å². The van der Waals surface area contributed by atoms with Gasteiger partial charge in [0.25, 0.3) is 0 Å². The molecule has 3 rings (SSSR count). The Balaban J connectivity index is 0.00000243. The highest BCUT2D eigenvalue weighted by Crippen LogP contribution is 2.31. The highest BCUT2D eigenvalue weighted by Gasteiger charge is 2.40. The summed E-state index contributed by atoms with van der Waals surface area (Å²) in [7, 11) is 0. The molecule has 2 heterocycles. The van der Waals surface area contributed by atoms with Crippen LogP contribution in [0.3, 0.4) is 0 Å². The SMILES string of the molecule is CCc1ccccc1N1CC(C(=O)N2CCCCC2C(C)N)CC1=O.Cl. The van der Waals surface area contributed by atoms with Crippen molar-refractivity contribution in [1.82, 2.24) is 4.90 Å². The Morgan fingerprint density at radius 1 is 1.31 bits per heavy atom. The topological polar surface area (TPSA) is 66.6 Å². The maximum absolute atomic E-state index is 13.1. The van der Waals surface area contributed by atoms with Gasteiger partial charge in [0, 0.05) is 37.3 Å². The zero-order valence-corrected chi connectivity index (χ0v) is 16.5. The van der Waals surface area contributed by atoms with E-state index in [0.29, 0.717) is 13.0 Å². The fourth-order valence-corrected chi connectivity index (χ4v) is 4.19. The number of halogens is 1. The lowest BCUT2D eigenvalue weighted by molar-refractivity contribution is -0.139. The Morgan fingerprint density at radius 3 is 2.73 bits per heavy atom. The molecule has 0 bridgehead atoms. The van der Waals surface area contributed by atoms with Crippen molar-refractivity contribution in [3.05, 3.63) is 29.8 Å². The molecule has 2 amide bonds. The van der Waals surface area contributed by atoms with Crippen molar-refractivity contribution in [3.8, 4) is 0 Å². The highest BCUT2D eigenvalue weighted by atomic mass is 35.5. The summed E-state index contributed by atoms with van der Waals surface area (Å²) in [6.45, 7) is 5.31. The average Bonchev–Trinajstić information content (AvgIpc) is 3.02. The molecule has 3 atom stereocenters. The summed E-state index contributed by atoms with van der Waals surface area (Å²) in [5.74, 6) is -0.0998. The second-order valence-electron chi connectivity index (χ2n) is 7.34. The van der Waals surface area contributed by atoms with Crippen LogP contribution in [0, 0.1) is 5.92 Å². The van der Waals surface area contributed by atoms with E-state index in [2.05, 4.69) is 13.0 Å². The van der Waals surface area contributed by atoms with Crippen molar-refractivity contribution in [1.29, 1.82) is 0 Å². The Bertz CT molecular complexity index is 650. The van der Waals surface area contributed by atoms with E-state index in [1.54, 1.807) is 4.90 Å². The summed E-state index contributed by atoms with van der Waals surface area (Å²) < 4.78 is 0. The molecule has 1 aromatic carbocycles.